The van der Waals surface area contributed by atoms with Crippen LogP contribution < -0.4 is 0 Å². The first-order valence-corrected chi connectivity index (χ1v) is 4.99. The lowest BCUT2D eigenvalue weighted by molar-refractivity contribution is -0.106. The first-order chi connectivity index (χ1) is 8.29. The Labute approximate surface area is 97.7 Å². The average Bonchev–Trinajstić information content (AvgIpc) is 2.40. The molecule has 0 radical (unpaired) electrons. The van der Waals surface area contributed by atoms with Crippen molar-refractivity contribution < 1.29 is 9.18 Å². The highest BCUT2D eigenvalue weighted by Crippen LogP contribution is 2.16. The van der Waals surface area contributed by atoms with E-state index in [0.29, 0.717) is 11.4 Å². The molecule has 0 saturated heterocycles. The highest BCUT2D eigenvalue weighted by molar-refractivity contribution is 5.78. The molecule has 0 saturated carbocycles. The maximum atomic E-state index is 12.7. The Kier molecular flexibility index (Phi) is 3.35. The molecule has 1 aromatic carbocycles. The molecule has 0 atom stereocenters. The minimum Gasteiger partial charge on any atom is -0.295 e. The van der Waals surface area contributed by atoms with E-state index in [1.807, 2.05) is 0 Å². The molecule has 0 unspecified atom stereocenters. The SMILES string of the molecule is O=CC(F)=Cc1ccc(-c2ncccn2)cc1. The number of allylic oxidation sites excluding steroid dienone is 1. The molecule has 2 rings (SSSR count). The molecule has 3 nitrogen and oxygen atoms in total. The van der Waals surface area contributed by atoms with Crippen molar-refractivity contribution in [2.24, 2.45) is 0 Å². The zero-order valence-corrected chi connectivity index (χ0v) is 8.88. The van der Waals surface area contributed by atoms with Gasteiger partial charge < -0.3 is 0 Å². The molecule has 2 aromatic rings. The summed E-state index contributed by atoms with van der Waals surface area (Å²) in [4.78, 5) is 18.3. The van der Waals surface area contributed by atoms with E-state index >= 15 is 0 Å². The third-order valence-electron chi connectivity index (χ3n) is 2.15. The van der Waals surface area contributed by atoms with Crippen LogP contribution in [0.2, 0.25) is 0 Å². The number of carbonyl (C=O) groups excluding carboxylic acids is 1. The van der Waals surface area contributed by atoms with Crippen molar-refractivity contribution in [1.29, 1.82) is 0 Å². The Bertz CT molecular complexity index is 535. The van der Waals surface area contributed by atoms with E-state index in [4.69, 9.17) is 0 Å². The van der Waals surface area contributed by atoms with Crippen LogP contribution in [0.1, 0.15) is 5.56 Å². The zero-order chi connectivity index (χ0) is 12.1. The lowest BCUT2D eigenvalue weighted by Crippen LogP contribution is -1.86. The molecule has 0 fully saturated rings. The van der Waals surface area contributed by atoms with Crippen LogP contribution in [0.25, 0.3) is 17.5 Å². The van der Waals surface area contributed by atoms with Gasteiger partial charge in [0.1, 0.15) is 0 Å². The van der Waals surface area contributed by atoms with Crippen LogP contribution in [0.4, 0.5) is 4.39 Å². The molecule has 84 valence electrons. The number of nitrogens with zero attached hydrogens (tertiary/aromatic N) is 2. The molecule has 0 amide bonds. The minimum absolute atomic E-state index is 0.175. The van der Waals surface area contributed by atoms with Crippen molar-refractivity contribution in [1.82, 2.24) is 9.97 Å². The Morgan fingerprint density at radius 2 is 1.76 bits per heavy atom. The summed E-state index contributed by atoms with van der Waals surface area (Å²) in [7, 11) is 0. The molecule has 0 aliphatic heterocycles. The van der Waals surface area contributed by atoms with E-state index in [2.05, 4.69) is 9.97 Å². The Morgan fingerprint density at radius 1 is 1.12 bits per heavy atom. The first-order valence-electron chi connectivity index (χ1n) is 4.99. The fourth-order valence-electron chi connectivity index (χ4n) is 1.37. The molecule has 17 heavy (non-hydrogen) atoms. The zero-order valence-electron chi connectivity index (χ0n) is 8.88. The highest BCUT2D eigenvalue weighted by atomic mass is 19.1. The lowest BCUT2D eigenvalue weighted by Gasteiger charge is -1.99. The summed E-state index contributed by atoms with van der Waals surface area (Å²) >= 11 is 0. The van der Waals surface area contributed by atoms with Crippen LogP contribution in [0.15, 0.2) is 48.6 Å². The fraction of sp³-hybridized carbons (Fsp3) is 0. The number of aldehydes is 1. The highest BCUT2D eigenvalue weighted by Gasteiger charge is 1.99. The summed E-state index contributed by atoms with van der Waals surface area (Å²) in [6.07, 6.45) is 4.65. The van der Waals surface area contributed by atoms with Gasteiger partial charge in [-0.05, 0) is 17.7 Å². The minimum atomic E-state index is -0.797. The number of hydrogen-bond donors (Lipinski definition) is 0. The second-order valence-corrected chi connectivity index (χ2v) is 3.34. The molecule has 1 aromatic heterocycles. The quantitative estimate of drug-likeness (QED) is 0.599. The smallest absolute Gasteiger partial charge is 0.178 e. The summed E-state index contributed by atoms with van der Waals surface area (Å²) in [5.41, 5.74) is 1.46. The maximum absolute atomic E-state index is 12.7. The van der Waals surface area contributed by atoms with E-state index < -0.39 is 5.83 Å². The van der Waals surface area contributed by atoms with Gasteiger partial charge in [0.15, 0.2) is 17.9 Å². The summed E-state index contributed by atoms with van der Waals surface area (Å²) < 4.78 is 12.7. The number of hydrogen-bond acceptors (Lipinski definition) is 3. The maximum Gasteiger partial charge on any atom is 0.178 e. The molecular weight excluding hydrogens is 219 g/mol. The van der Waals surface area contributed by atoms with Crippen LogP contribution in [0, 0.1) is 0 Å². The van der Waals surface area contributed by atoms with Crippen molar-refractivity contribution in [3.63, 3.8) is 0 Å². The summed E-state index contributed by atoms with van der Waals surface area (Å²) in [6, 6.07) is 8.70. The number of benzene rings is 1. The van der Waals surface area contributed by atoms with Crippen LogP contribution in [0.3, 0.4) is 0 Å². The summed E-state index contributed by atoms with van der Waals surface area (Å²) in [6.45, 7) is 0. The van der Waals surface area contributed by atoms with E-state index in [-0.39, 0.29) is 6.29 Å². The van der Waals surface area contributed by atoms with E-state index in [9.17, 15) is 9.18 Å². The predicted octanol–water partition coefficient (Wildman–Crippen LogP) is 2.65. The van der Waals surface area contributed by atoms with Crippen molar-refractivity contribution in [3.8, 4) is 11.4 Å². The van der Waals surface area contributed by atoms with Gasteiger partial charge in [-0.15, -0.1) is 0 Å². The van der Waals surface area contributed by atoms with Crippen molar-refractivity contribution >= 4 is 12.4 Å². The second-order valence-electron chi connectivity index (χ2n) is 3.34. The van der Waals surface area contributed by atoms with E-state index in [0.717, 1.165) is 5.56 Å². The van der Waals surface area contributed by atoms with Gasteiger partial charge in [-0.2, -0.15) is 0 Å². The molecule has 0 N–H and O–H groups in total. The molecular formula is C13H9FN2O. The number of halogens is 1. The van der Waals surface area contributed by atoms with Crippen molar-refractivity contribution in [2.45, 2.75) is 0 Å². The molecule has 4 heteroatoms. The summed E-state index contributed by atoms with van der Waals surface area (Å²) in [5, 5.41) is 0. The monoisotopic (exact) mass is 228 g/mol. The third kappa shape index (κ3) is 2.81. The van der Waals surface area contributed by atoms with Crippen LogP contribution in [0.5, 0.6) is 0 Å². The van der Waals surface area contributed by atoms with Crippen LogP contribution >= 0.6 is 0 Å². The Balaban J connectivity index is 2.28. The third-order valence-corrected chi connectivity index (χ3v) is 2.15. The number of aromatic nitrogens is 2. The average molecular weight is 228 g/mol. The van der Waals surface area contributed by atoms with Gasteiger partial charge in [-0.25, -0.2) is 14.4 Å². The number of carbonyl (C=O) groups is 1. The molecule has 0 bridgehead atoms. The van der Waals surface area contributed by atoms with Crippen LogP contribution in [-0.2, 0) is 4.79 Å². The van der Waals surface area contributed by atoms with Gasteiger partial charge in [-0.1, -0.05) is 24.3 Å². The van der Waals surface area contributed by atoms with Gasteiger partial charge in [0.25, 0.3) is 0 Å². The van der Waals surface area contributed by atoms with Crippen molar-refractivity contribution in [2.75, 3.05) is 0 Å². The number of rotatable bonds is 3. The standard InChI is InChI=1S/C13H9FN2O/c14-12(9-17)8-10-2-4-11(5-3-10)13-15-6-1-7-16-13/h1-9H. The molecule has 0 aliphatic carbocycles. The van der Waals surface area contributed by atoms with Gasteiger partial charge in [0.2, 0.25) is 0 Å². The molecule has 0 spiro atoms. The predicted molar refractivity (Wildman–Crippen MR) is 62.6 cm³/mol. The second kappa shape index (κ2) is 5.12. The van der Waals surface area contributed by atoms with Gasteiger partial charge in [-0.3, -0.25) is 4.79 Å². The lowest BCUT2D eigenvalue weighted by atomic mass is 10.1. The first kappa shape index (κ1) is 11.1. The topological polar surface area (TPSA) is 42.9 Å². The normalized spacial score (nSPS) is 11.2. The van der Waals surface area contributed by atoms with Gasteiger partial charge in [0.05, 0.1) is 0 Å². The van der Waals surface area contributed by atoms with Gasteiger partial charge in [0, 0.05) is 18.0 Å². The summed E-state index contributed by atoms with van der Waals surface area (Å²) in [5.74, 6) is -0.187. The fourth-order valence-corrected chi connectivity index (χ4v) is 1.37. The van der Waals surface area contributed by atoms with Gasteiger partial charge >= 0.3 is 0 Å². The van der Waals surface area contributed by atoms with Crippen molar-refractivity contribution in [3.05, 3.63) is 54.1 Å². The molecule has 1 heterocycles. The van der Waals surface area contributed by atoms with Crippen LogP contribution in [-0.4, -0.2) is 16.3 Å². The molecule has 0 aliphatic rings. The Morgan fingerprint density at radius 3 is 2.35 bits per heavy atom. The van der Waals surface area contributed by atoms with E-state index in [1.54, 1.807) is 42.7 Å². The van der Waals surface area contributed by atoms with E-state index in [1.165, 1.54) is 6.08 Å². The Hall–Kier alpha value is -2.36. The largest absolute Gasteiger partial charge is 0.295 e.